The average Bonchev–Trinajstić information content (AvgIpc) is 2.78. The number of rotatable bonds is 4. The number of hydrogen-bond donors (Lipinski definition) is 1. The van der Waals surface area contributed by atoms with Crippen molar-refractivity contribution in [3.05, 3.63) is 65.2 Å². The van der Waals surface area contributed by atoms with E-state index in [-0.39, 0.29) is 35.1 Å². The highest BCUT2D eigenvalue weighted by Crippen LogP contribution is 2.34. The first kappa shape index (κ1) is 19.6. The number of aliphatic hydroxyl groups excluding tert-OH is 1. The normalized spacial score (nSPS) is 14.5. The number of esters is 1. The van der Waals surface area contributed by atoms with Crippen LogP contribution in [-0.2, 0) is 30.7 Å². The number of aliphatic hydroxyl groups is 1. The summed E-state index contributed by atoms with van der Waals surface area (Å²) in [5, 5.41) is 10.6. The van der Waals surface area contributed by atoms with E-state index in [4.69, 9.17) is 4.74 Å². The third kappa shape index (κ3) is 3.77. The van der Waals surface area contributed by atoms with Crippen LogP contribution in [0.25, 0.3) is 5.76 Å². The zero-order valence-corrected chi connectivity index (χ0v) is 16.2. The van der Waals surface area contributed by atoms with Crippen LogP contribution in [0.1, 0.15) is 17.5 Å². The minimum Gasteiger partial charge on any atom is -0.507 e. The van der Waals surface area contributed by atoms with E-state index in [9.17, 15) is 23.1 Å². The second-order valence-electron chi connectivity index (χ2n) is 6.41. The molecule has 0 bridgehead atoms. The molecule has 0 saturated heterocycles. The number of nitrogens with zero attached hydrogens (tertiary/aromatic N) is 1. The molecule has 2 aromatic carbocycles. The number of amides is 1. The Kier molecular flexibility index (Phi) is 5.24. The Labute approximate surface area is 162 Å². The van der Waals surface area contributed by atoms with E-state index in [0.717, 1.165) is 6.26 Å². The first-order chi connectivity index (χ1) is 13.2. The highest BCUT2D eigenvalue weighted by molar-refractivity contribution is 7.90. The zero-order valence-electron chi connectivity index (χ0n) is 15.4. The number of para-hydroxylation sites is 1. The molecule has 1 aliphatic rings. The lowest BCUT2D eigenvalue weighted by Crippen LogP contribution is -2.30. The Balaban J connectivity index is 2.01. The predicted octanol–water partition coefficient (Wildman–Crippen LogP) is 2.47. The van der Waals surface area contributed by atoms with Crippen LogP contribution in [0.5, 0.6) is 0 Å². The largest absolute Gasteiger partial charge is 0.507 e. The molecule has 0 spiro atoms. The molecule has 0 saturated carbocycles. The molecule has 0 radical (unpaired) electrons. The lowest BCUT2D eigenvalue weighted by Gasteiger charge is -2.23. The van der Waals surface area contributed by atoms with E-state index in [2.05, 4.69) is 0 Å². The zero-order chi connectivity index (χ0) is 20.5. The van der Waals surface area contributed by atoms with E-state index >= 15 is 0 Å². The molecule has 0 fully saturated rings. The van der Waals surface area contributed by atoms with Crippen LogP contribution < -0.4 is 4.90 Å². The highest BCUT2D eigenvalue weighted by Gasteiger charge is 2.31. The molecule has 0 unspecified atom stereocenters. The molecule has 1 heterocycles. The summed E-state index contributed by atoms with van der Waals surface area (Å²) in [4.78, 5) is 26.5. The summed E-state index contributed by atoms with van der Waals surface area (Å²) in [6.07, 6.45) is 0.813. The topological polar surface area (TPSA) is 101 Å². The molecule has 1 N–H and O–H groups in total. The van der Waals surface area contributed by atoms with Crippen molar-refractivity contribution in [2.45, 2.75) is 17.9 Å². The van der Waals surface area contributed by atoms with Crippen molar-refractivity contribution in [1.82, 2.24) is 0 Å². The smallest absolute Gasteiger partial charge is 0.338 e. The summed E-state index contributed by atoms with van der Waals surface area (Å²) in [6, 6.07) is 12.9. The molecule has 0 aromatic heterocycles. The fourth-order valence-corrected chi connectivity index (χ4v) is 3.66. The summed E-state index contributed by atoms with van der Waals surface area (Å²) in [5.74, 6) is -1.44. The van der Waals surface area contributed by atoms with Crippen LogP contribution in [-0.4, -0.2) is 38.8 Å². The quantitative estimate of drug-likeness (QED) is 0.790. The molecule has 1 aliphatic heterocycles. The van der Waals surface area contributed by atoms with Gasteiger partial charge in [-0.3, -0.25) is 4.79 Å². The molecule has 28 heavy (non-hydrogen) atoms. The molecule has 0 aliphatic carbocycles. The maximum atomic E-state index is 12.9. The Morgan fingerprint density at radius 1 is 1.14 bits per heavy atom. The third-order valence-corrected chi connectivity index (χ3v) is 5.62. The molecular formula is C20H19NO6S. The average molecular weight is 401 g/mol. The second kappa shape index (κ2) is 7.47. The van der Waals surface area contributed by atoms with E-state index in [0.29, 0.717) is 16.8 Å². The number of anilines is 1. The fourth-order valence-electron chi connectivity index (χ4n) is 3.03. The number of carbonyl (C=O) groups excluding carboxylic acids is 2. The summed E-state index contributed by atoms with van der Waals surface area (Å²) in [5.41, 5.74) is 1.41. The van der Waals surface area contributed by atoms with Crippen LogP contribution in [0.4, 0.5) is 5.69 Å². The summed E-state index contributed by atoms with van der Waals surface area (Å²) >= 11 is 0. The van der Waals surface area contributed by atoms with Crippen molar-refractivity contribution in [3.8, 4) is 0 Å². The van der Waals surface area contributed by atoms with Gasteiger partial charge in [-0.05, 0) is 29.8 Å². The van der Waals surface area contributed by atoms with Gasteiger partial charge in [-0.25, -0.2) is 13.2 Å². The maximum absolute atomic E-state index is 12.9. The van der Waals surface area contributed by atoms with Crippen molar-refractivity contribution in [3.63, 3.8) is 0 Å². The van der Waals surface area contributed by atoms with E-state index in [1.165, 1.54) is 24.1 Å². The molecule has 8 heteroatoms. The Morgan fingerprint density at radius 2 is 1.79 bits per heavy atom. The van der Waals surface area contributed by atoms with Crippen LogP contribution in [0.2, 0.25) is 0 Å². The molecule has 146 valence electrons. The van der Waals surface area contributed by atoms with Gasteiger partial charge in [0.1, 0.15) is 5.76 Å². The number of ether oxygens (including phenoxy) is 1. The predicted molar refractivity (Wildman–Crippen MR) is 103 cm³/mol. The Morgan fingerprint density at radius 3 is 2.39 bits per heavy atom. The first-order valence-electron chi connectivity index (χ1n) is 8.41. The van der Waals surface area contributed by atoms with Crippen LogP contribution >= 0.6 is 0 Å². The minimum absolute atomic E-state index is 0.102. The van der Waals surface area contributed by atoms with Gasteiger partial charge in [0.2, 0.25) is 5.91 Å². The van der Waals surface area contributed by atoms with Gasteiger partial charge in [0.25, 0.3) is 0 Å². The first-order valence-corrected chi connectivity index (χ1v) is 10.3. The standard InChI is InChI=1S/C20H19NO6S/c1-27-20(24)16-11-18(22)21(17-6-4-3-5-15(17)19(16)23)12-13-7-9-14(10-8-13)28(2,25)26/h3-10,23H,11-12H2,1-2H3. The van der Waals surface area contributed by atoms with Crippen molar-refractivity contribution >= 4 is 33.2 Å². The molecule has 7 nitrogen and oxygen atoms in total. The number of methoxy groups -OCH3 is 1. The second-order valence-corrected chi connectivity index (χ2v) is 8.42. The van der Waals surface area contributed by atoms with Crippen molar-refractivity contribution in [1.29, 1.82) is 0 Å². The lowest BCUT2D eigenvalue weighted by molar-refractivity contribution is -0.137. The van der Waals surface area contributed by atoms with Gasteiger partial charge in [-0.2, -0.15) is 0 Å². The van der Waals surface area contributed by atoms with Gasteiger partial charge in [0.15, 0.2) is 9.84 Å². The van der Waals surface area contributed by atoms with Crippen LogP contribution in [0, 0.1) is 0 Å². The van der Waals surface area contributed by atoms with Crippen molar-refractivity contribution < 1.29 is 27.9 Å². The maximum Gasteiger partial charge on any atom is 0.338 e. The van der Waals surface area contributed by atoms with Crippen LogP contribution in [0.15, 0.2) is 59.0 Å². The van der Waals surface area contributed by atoms with E-state index in [1.54, 1.807) is 36.4 Å². The van der Waals surface area contributed by atoms with Gasteiger partial charge >= 0.3 is 5.97 Å². The van der Waals surface area contributed by atoms with Crippen molar-refractivity contribution in [2.24, 2.45) is 0 Å². The van der Waals surface area contributed by atoms with E-state index in [1.807, 2.05) is 0 Å². The summed E-state index contributed by atoms with van der Waals surface area (Å²) < 4.78 is 27.9. The van der Waals surface area contributed by atoms with Gasteiger partial charge < -0.3 is 14.7 Å². The van der Waals surface area contributed by atoms with Gasteiger partial charge in [0, 0.05) is 11.8 Å². The number of carbonyl (C=O) groups is 2. The number of fused-ring (bicyclic) bond motifs is 1. The summed E-state index contributed by atoms with van der Waals surface area (Å²) in [6.45, 7) is 0.154. The van der Waals surface area contributed by atoms with E-state index < -0.39 is 15.8 Å². The Bertz CT molecular complexity index is 1070. The molecular weight excluding hydrogens is 382 g/mol. The molecule has 2 aromatic rings. The molecule has 0 atom stereocenters. The minimum atomic E-state index is -3.32. The third-order valence-electron chi connectivity index (χ3n) is 4.49. The summed E-state index contributed by atoms with van der Waals surface area (Å²) in [7, 11) is -2.13. The number of benzene rings is 2. The number of sulfone groups is 1. The van der Waals surface area contributed by atoms with Crippen LogP contribution in [0.3, 0.4) is 0 Å². The number of hydrogen-bond acceptors (Lipinski definition) is 6. The van der Waals surface area contributed by atoms with Crippen molar-refractivity contribution in [2.75, 3.05) is 18.3 Å². The molecule has 3 rings (SSSR count). The Hall–Kier alpha value is -3.13. The fraction of sp³-hybridized carbons (Fsp3) is 0.200. The molecule has 1 amide bonds. The van der Waals surface area contributed by atoms with Gasteiger partial charge in [0.05, 0.1) is 36.2 Å². The van der Waals surface area contributed by atoms with Gasteiger partial charge in [-0.15, -0.1) is 0 Å². The van der Waals surface area contributed by atoms with Gasteiger partial charge in [-0.1, -0.05) is 24.3 Å². The monoisotopic (exact) mass is 401 g/mol. The highest BCUT2D eigenvalue weighted by atomic mass is 32.2. The SMILES string of the molecule is COC(=O)C1=C(O)c2ccccc2N(Cc2ccc(S(C)(=O)=O)cc2)C(=O)C1. The lowest BCUT2D eigenvalue weighted by atomic mass is 10.1.